The summed E-state index contributed by atoms with van der Waals surface area (Å²) in [4.78, 5) is 12.6. The molecule has 0 aliphatic heterocycles. The van der Waals surface area contributed by atoms with E-state index >= 15 is 0 Å². The highest BCUT2D eigenvalue weighted by Gasteiger charge is 2.53. The largest absolute Gasteiger partial charge is 0.493 e. The Morgan fingerprint density at radius 1 is 1.17 bits per heavy atom. The van der Waals surface area contributed by atoms with Crippen molar-refractivity contribution in [2.24, 2.45) is 23.2 Å². The molecule has 1 aromatic rings. The van der Waals surface area contributed by atoms with Crippen LogP contribution in [0.25, 0.3) is 6.08 Å². The molecule has 5 rings (SSSR count). The van der Waals surface area contributed by atoms with E-state index in [1.54, 1.807) is 13.2 Å². The fourth-order valence-corrected chi connectivity index (χ4v) is 6.41. The number of rotatable bonds is 8. The lowest BCUT2D eigenvalue weighted by molar-refractivity contribution is -0.121. The Hall–Kier alpha value is -1.97. The maximum Gasteiger partial charge on any atom is 0.244 e. The molecule has 0 aromatic heterocycles. The van der Waals surface area contributed by atoms with Gasteiger partial charge in [0.15, 0.2) is 11.5 Å². The average Bonchev–Trinajstić information content (AvgIpc) is 2.70. The Bertz CT molecular complexity index is 734. The summed E-state index contributed by atoms with van der Waals surface area (Å²) in [6.45, 7) is 4.96. The van der Waals surface area contributed by atoms with Crippen LogP contribution < -0.4 is 14.8 Å². The molecule has 4 aliphatic rings. The standard InChI is InChI=1S/C25H35NO3/c1-4-9-29-22-7-5-18(13-23(22)28-3)6-8-24(27)26-17(2)25-14-19-10-20(15-25)12-21(11-19)16-25/h5-8,13,17,19-21H,4,9-12,14-16H2,1-3H3,(H,26,27)/b8-6+/t17-,19?,20?,21?,25?/m0/s1. The summed E-state index contributed by atoms with van der Waals surface area (Å²) in [6.07, 6.45) is 12.7. The van der Waals surface area contributed by atoms with Gasteiger partial charge in [0.05, 0.1) is 13.7 Å². The molecule has 158 valence electrons. The molecule has 4 saturated carbocycles. The van der Waals surface area contributed by atoms with Gasteiger partial charge in [0, 0.05) is 12.1 Å². The molecule has 0 radical (unpaired) electrons. The summed E-state index contributed by atoms with van der Waals surface area (Å²) in [5, 5.41) is 3.29. The number of carbonyl (C=O) groups is 1. The zero-order valence-electron chi connectivity index (χ0n) is 18.1. The monoisotopic (exact) mass is 397 g/mol. The van der Waals surface area contributed by atoms with E-state index in [4.69, 9.17) is 9.47 Å². The van der Waals surface area contributed by atoms with Crippen molar-refractivity contribution in [2.45, 2.75) is 64.8 Å². The molecule has 1 amide bonds. The minimum atomic E-state index is -0.00137. The summed E-state index contributed by atoms with van der Waals surface area (Å²) in [5.41, 5.74) is 1.27. The van der Waals surface area contributed by atoms with Crippen LogP contribution in [0.3, 0.4) is 0 Å². The van der Waals surface area contributed by atoms with Gasteiger partial charge in [-0.15, -0.1) is 0 Å². The normalized spacial score (nSPS) is 31.1. The van der Waals surface area contributed by atoms with Crippen LogP contribution in [0.2, 0.25) is 0 Å². The summed E-state index contributed by atoms with van der Waals surface area (Å²) in [6, 6.07) is 6.02. The molecule has 4 bridgehead atoms. The predicted octanol–water partition coefficient (Wildman–Crippen LogP) is 5.22. The molecule has 4 nitrogen and oxygen atoms in total. The molecule has 1 atom stereocenters. The first-order chi connectivity index (χ1) is 14.0. The molecule has 1 N–H and O–H groups in total. The number of nitrogens with one attached hydrogen (secondary N) is 1. The van der Waals surface area contributed by atoms with Gasteiger partial charge in [-0.25, -0.2) is 0 Å². The number of ether oxygens (including phenoxy) is 2. The zero-order chi connectivity index (χ0) is 20.4. The van der Waals surface area contributed by atoms with E-state index in [9.17, 15) is 4.79 Å². The van der Waals surface area contributed by atoms with Gasteiger partial charge in [0.2, 0.25) is 5.91 Å². The van der Waals surface area contributed by atoms with Crippen LogP contribution in [0, 0.1) is 23.2 Å². The molecular weight excluding hydrogens is 362 g/mol. The van der Waals surface area contributed by atoms with E-state index < -0.39 is 0 Å². The van der Waals surface area contributed by atoms with Crippen LogP contribution in [-0.4, -0.2) is 25.7 Å². The molecule has 4 aliphatic carbocycles. The van der Waals surface area contributed by atoms with Gasteiger partial charge >= 0.3 is 0 Å². The lowest BCUT2D eigenvalue weighted by Gasteiger charge is -2.59. The van der Waals surface area contributed by atoms with E-state index in [1.807, 2.05) is 24.3 Å². The molecule has 1 aromatic carbocycles. The molecule has 4 fully saturated rings. The molecular formula is C25H35NO3. The Balaban J connectivity index is 1.37. The van der Waals surface area contributed by atoms with Gasteiger partial charge in [-0.3, -0.25) is 4.79 Å². The molecule has 4 heteroatoms. The van der Waals surface area contributed by atoms with E-state index in [2.05, 4.69) is 19.2 Å². The van der Waals surface area contributed by atoms with Crippen LogP contribution in [0.4, 0.5) is 0 Å². The molecule has 0 saturated heterocycles. The minimum absolute atomic E-state index is 0.00137. The maximum absolute atomic E-state index is 12.6. The van der Waals surface area contributed by atoms with E-state index in [0.29, 0.717) is 17.8 Å². The third-order valence-corrected chi connectivity index (χ3v) is 7.44. The fourth-order valence-electron chi connectivity index (χ4n) is 6.41. The number of methoxy groups -OCH3 is 1. The Kier molecular flexibility index (Phi) is 5.89. The first-order valence-corrected chi connectivity index (χ1v) is 11.3. The summed E-state index contributed by atoms with van der Waals surface area (Å²) < 4.78 is 11.1. The maximum atomic E-state index is 12.6. The Labute approximate surface area is 175 Å². The van der Waals surface area contributed by atoms with Crippen molar-refractivity contribution >= 4 is 12.0 Å². The highest BCUT2D eigenvalue weighted by atomic mass is 16.5. The van der Waals surface area contributed by atoms with Crippen molar-refractivity contribution in [3.05, 3.63) is 29.8 Å². The fraction of sp³-hybridized carbons (Fsp3) is 0.640. The lowest BCUT2D eigenvalue weighted by atomic mass is 9.48. The molecule has 0 heterocycles. The van der Waals surface area contributed by atoms with Gasteiger partial charge in [0.1, 0.15) is 0 Å². The van der Waals surface area contributed by atoms with Crippen LogP contribution in [0.1, 0.15) is 64.4 Å². The van der Waals surface area contributed by atoms with Crippen LogP contribution >= 0.6 is 0 Å². The summed E-state index contributed by atoms with van der Waals surface area (Å²) in [7, 11) is 1.64. The number of benzene rings is 1. The number of carbonyl (C=O) groups excluding carboxylic acids is 1. The molecule has 0 unspecified atom stereocenters. The zero-order valence-corrected chi connectivity index (χ0v) is 18.1. The van der Waals surface area contributed by atoms with Gasteiger partial charge in [-0.05, 0) is 98.8 Å². The van der Waals surface area contributed by atoms with Gasteiger partial charge in [-0.1, -0.05) is 13.0 Å². The molecule has 0 spiro atoms. The van der Waals surface area contributed by atoms with Crippen molar-refractivity contribution in [1.82, 2.24) is 5.32 Å². The predicted molar refractivity (Wildman–Crippen MR) is 116 cm³/mol. The highest BCUT2D eigenvalue weighted by molar-refractivity contribution is 5.92. The second kappa shape index (κ2) is 8.41. The van der Waals surface area contributed by atoms with Crippen molar-refractivity contribution < 1.29 is 14.3 Å². The first kappa shape index (κ1) is 20.3. The third-order valence-electron chi connectivity index (χ3n) is 7.44. The highest BCUT2D eigenvalue weighted by Crippen LogP contribution is 2.61. The van der Waals surface area contributed by atoms with Crippen LogP contribution in [0.15, 0.2) is 24.3 Å². The molecule has 29 heavy (non-hydrogen) atoms. The topological polar surface area (TPSA) is 47.6 Å². The van der Waals surface area contributed by atoms with Crippen LogP contribution in [-0.2, 0) is 4.79 Å². The Morgan fingerprint density at radius 2 is 1.83 bits per heavy atom. The van der Waals surface area contributed by atoms with E-state index in [-0.39, 0.29) is 11.9 Å². The SMILES string of the molecule is CCCOc1ccc(/C=C/C(=O)N[C@@H](C)C23CC4CC(CC(C4)C2)C3)cc1OC. The second-order valence-electron chi connectivity index (χ2n) is 9.60. The summed E-state index contributed by atoms with van der Waals surface area (Å²) in [5.74, 6) is 4.14. The quantitative estimate of drug-likeness (QED) is 0.612. The van der Waals surface area contributed by atoms with Crippen molar-refractivity contribution in [2.75, 3.05) is 13.7 Å². The van der Waals surface area contributed by atoms with Gasteiger partial charge < -0.3 is 14.8 Å². The van der Waals surface area contributed by atoms with Crippen molar-refractivity contribution in [3.8, 4) is 11.5 Å². The minimum Gasteiger partial charge on any atom is -0.493 e. The third kappa shape index (κ3) is 4.31. The van der Waals surface area contributed by atoms with Crippen LogP contribution in [0.5, 0.6) is 11.5 Å². The number of amides is 1. The van der Waals surface area contributed by atoms with Crippen molar-refractivity contribution in [3.63, 3.8) is 0 Å². The first-order valence-electron chi connectivity index (χ1n) is 11.3. The van der Waals surface area contributed by atoms with Gasteiger partial charge in [0.25, 0.3) is 0 Å². The van der Waals surface area contributed by atoms with Crippen molar-refractivity contribution in [1.29, 1.82) is 0 Å². The van der Waals surface area contributed by atoms with E-state index in [0.717, 1.165) is 35.5 Å². The number of hydrogen-bond acceptors (Lipinski definition) is 3. The Morgan fingerprint density at radius 3 is 2.41 bits per heavy atom. The summed E-state index contributed by atoms with van der Waals surface area (Å²) >= 11 is 0. The second-order valence-corrected chi connectivity index (χ2v) is 9.60. The smallest absolute Gasteiger partial charge is 0.244 e. The lowest BCUT2D eigenvalue weighted by Crippen LogP contribution is -2.55. The van der Waals surface area contributed by atoms with E-state index in [1.165, 1.54) is 38.5 Å². The number of hydrogen-bond donors (Lipinski definition) is 1. The van der Waals surface area contributed by atoms with Gasteiger partial charge in [-0.2, -0.15) is 0 Å². The average molecular weight is 398 g/mol.